The van der Waals surface area contributed by atoms with Gasteiger partial charge in [0.2, 0.25) is 5.76 Å². The van der Waals surface area contributed by atoms with Gasteiger partial charge in [-0.1, -0.05) is 5.16 Å². The molecule has 6 heteroatoms. The first-order chi connectivity index (χ1) is 9.08. The maximum atomic E-state index is 11.5. The van der Waals surface area contributed by atoms with Crippen LogP contribution in [0.3, 0.4) is 0 Å². The van der Waals surface area contributed by atoms with Crippen LogP contribution in [0.5, 0.6) is 0 Å². The van der Waals surface area contributed by atoms with E-state index in [9.17, 15) is 9.90 Å². The van der Waals surface area contributed by atoms with E-state index in [0.29, 0.717) is 18.7 Å². The maximum Gasteiger partial charge on any atom is 0.289 e. The highest BCUT2D eigenvalue weighted by molar-refractivity contribution is 5.91. The number of furan rings is 1. The maximum absolute atomic E-state index is 11.5. The average Bonchev–Trinajstić information content (AvgIpc) is 2.98. The lowest BCUT2D eigenvalue weighted by atomic mass is 10.1. The molecule has 0 spiro atoms. The quantitative estimate of drug-likeness (QED) is 0.858. The Morgan fingerprint density at radius 3 is 2.89 bits per heavy atom. The first kappa shape index (κ1) is 13.4. The molecule has 1 unspecified atom stereocenters. The summed E-state index contributed by atoms with van der Waals surface area (Å²) in [5.74, 6) is 1.28. The topological polar surface area (TPSA) is 88.5 Å². The highest BCUT2D eigenvalue weighted by Gasteiger charge is 2.15. The zero-order valence-corrected chi connectivity index (χ0v) is 10.8. The number of aliphatic hydroxyl groups is 1. The Balaban J connectivity index is 1.83. The number of hydrogen-bond acceptors (Lipinski definition) is 5. The molecule has 2 heterocycles. The van der Waals surface area contributed by atoms with E-state index in [1.807, 2.05) is 6.92 Å². The van der Waals surface area contributed by atoms with Crippen molar-refractivity contribution in [2.75, 3.05) is 6.54 Å². The van der Waals surface area contributed by atoms with Crippen molar-refractivity contribution in [2.24, 2.45) is 0 Å². The van der Waals surface area contributed by atoms with Crippen molar-refractivity contribution < 1.29 is 18.8 Å². The summed E-state index contributed by atoms with van der Waals surface area (Å²) in [6.07, 6.45) is 1.15. The molecule has 0 radical (unpaired) electrons. The molecule has 102 valence electrons. The largest absolute Gasteiger partial charge is 0.466 e. The number of nitrogens with one attached hydrogen (secondary N) is 1. The van der Waals surface area contributed by atoms with Crippen LogP contribution < -0.4 is 5.32 Å². The highest BCUT2D eigenvalue weighted by atomic mass is 16.5. The third-order valence-corrected chi connectivity index (χ3v) is 2.80. The first-order valence-corrected chi connectivity index (χ1v) is 6.02. The molecular formula is C13H16N2O4. The lowest BCUT2D eigenvalue weighted by molar-refractivity contribution is 0.0906. The van der Waals surface area contributed by atoms with Gasteiger partial charge in [-0.15, -0.1) is 0 Å². The SMILES string of the molecule is Cc1cc(C(O)CCNC(=O)c2ccno2)c(C)o1. The highest BCUT2D eigenvalue weighted by Crippen LogP contribution is 2.23. The molecule has 0 aromatic carbocycles. The number of aromatic nitrogens is 1. The minimum atomic E-state index is -0.660. The summed E-state index contributed by atoms with van der Waals surface area (Å²) in [5.41, 5.74) is 0.756. The van der Waals surface area contributed by atoms with Crippen LogP contribution >= 0.6 is 0 Å². The van der Waals surface area contributed by atoms with E-state index in [2.05, 4.69) is 10.5 Å². The number of amides is 1. The summed E-state index contributed by atoms with van der Waals surface area (Å²) in [7, 11) is 0. The van der Waals surface area contributed by atoms with Gasteiger partial charge in [0.15, 0.2) is 0 Å². The van der Waals surface area contributed by atoms with Gasteiger partial charge in [0, 0.05) is 18.2 Å². The fourth-order valence-electron chi connectivity index (χ4n) is 1.88. The molecule has 0 fully saturated rings. The minimum absolute atomic E-state index is 0.157. The smallest absolute Gasteiger partial charge is 0.289 e. The van der Waals surface area contributed by atoms with Crippen LogP contribution in [-0.2, 0) is 0 Å². The summed E-state index contributed by atoms with van der Waals surface area (Å²) < 4.78 is 10.1. The van der Waals surface area contributed by atoms with Crippen molar-refractivity contribution in [1.82, 2.24) is 10.5 Å². The number of rotatable bonds is 5. The number of carbonyl (C=O) groups is 1. The van der Waals surface area contributed by atoms with E-state index in [-0.39, 0.29) is 11.7 Å². The second kappa shape index (κ2) is 5.71. The van der Waals surface area contributed by atoms with Crippen molar-refractivity contribution in [1.29, 1.82) is 0 Å². The molecule has 0 aliphatic carbocycles. The van der Waals surface area contributed by atoms with E-state index in [0.717, 1.165) is 11.3 Å². The fraction of sp³-hybridized carbons (Fsp3) is 0.385. The Morgan fingerprint density at radius 1 is 1.53 bits per heavy atom. The molecule has 0 saturated heterocycles. The van der Waals surface area contributed by atoms with Gasteiger partial charge >= 0.3 is 0 Å². The molecule has 1 atom stereocenters. The minimum Gasteiger partial charge on any atom is -0.466 e. The summed E-state index contributed by atoms with van der Waals surface area (Å²) in [4.78, 5) is 11.5. The van der Waals surface area contributed by atoms with Crippen LogP contribution in [0.15, 0.2) is 27.3 Å². The van der Waals surface area contributed by atoms with Gasteiger partial charge in [-0.2, -0.15) is 0 Å². The molecule has 0 bridgehead atoms. The second-order valence-electron chi connectivity index (χ2n) is 4.31. The van der Waals surface area contributed by atoms with Crippen LogP contribution in [0.1, 0.15) is 40.2 Å². The van der Waals surface area contributed by atoms with Crippen LogP contribution in [0.4, 0.5) is 0 Å². The van der Waals surface area contributed by atoms with Crippen molar-refractivity contribution in [3.8, 4) is 0 Å². The molecule has 0 aliphatic heterocycles. The molecule has 2 rings (SSSR count). The Bertz CT molecular complexity index is 545. The van der Waals surface area contributed by atoms with Crippen LogP contribution in [0.2, 0.25) is 0 Å². The predicted molar refractivity (Wildman–Crippen MR) is 66.6 cm³/mol. The Kier molecular flexibility index (Phi) is 4.01. The first-order valence-electron chi connectivity index (χ1n) is 6.02. The van der Waals surface area contributed by atoms with Crippen molar-refractivity contribution in [3.05, 3.63) is 41.2 Å². The molecule has 2 N–H and O–H groups in total. The van der Waals surface area contributed by atoms with Gasteiger partial charge < -0.3 is 19.4 Å². The Labute approximate surface area is 110 Å². The summed E-state index contributed by atoms with van der Waals surface area (Å²) in [5, 5.41) is 16.1. The zero-order valence-electron chi connectivity index (χ0n) is 10.8. The van der Waals surface area contributed by atoms with Gasteiger partial charge in [0.05, 0.1) is 12.3 Å². The molecule has 0 aliphatic rings. The molecule has 19 heavy (non-hydrogen) atoms. The average molecular weight is 264 g/mol. The van der Waals surface area contributed by atoms with E-state index in [1.54, 1.807) is 13.0 Å². The molecule has 6 nitrogen and oxygen atoms in total. The van der Waals surface area contributed by atoms with Crippen molar-refractivity contribution >= 4 is 5.91 Å². The standard InChI is InChI=1S/C13H16N2O4/c1-8-7-10(9(2)18-8)11(16)3-5-14-13(17)12-4-6-15-19-12/h4,6-7,11,16H,3,5H2,1-2H3,(H,14,17). The lowest BCUT2D eigenvalue weighted by Gasteiger charge is -2.09. The van der Waals surface area contributed by atoms with E-state index in [1.165, 1.54) is 12.3 Å². The predicted octanol–water partition coefficient (Wildman–Crippen LogP) is 1.74. The fourth-order valence-corrected chi connectivity index (χ4v) is 1.88. The summed E-state index contributed by atoms with van der Waals surface area (Å²) in [6, 6.07) is 3.29. The van der Waals surface area contributed by atoms with Crippen LogP contribution in [0.25, 0.3) is 0 Å². The van der Waals surface area contributed by atoms with Crippen LogP contribution in [-0.4, -0.2) is 22.7 Å². The monoisotopic (exact) mass is 264 g/mol. The van der Waals surface area contributed by atoms with Gasteiger partial charge in [0.1, 0.15) is 11.5 Å². The lowest BCUT2D eigenvalue weighted by Crippen LogP contribution is -2.25. The van der Waals surface area contributed by atoms with Gasteiger partial charge in [-0.05, 0) is 26.3 Å². The van der Waals surface area contributed by atoms with Crippen LogP contribution in [0, 0.1) is 13.8 Å². The van der Waals surface area contributed by atoms with E-state index in [4.69, 9.17) is 8.94 Å². The van der Waals surface area contributed by atoms with Crippen molar-refractivity contribution in [3.63, 3.8) is 0 Å². The second-order valence-corrected chi connectivity index (χ2v) is 4.31. The number of nitrogens with zero attached hydrogens (tertiary/aromatic N) is 1. The summed E-state index contributed by atoms with van der Waals surface area (Å²) in [6.45, 7) is 3.97. The molecular weight excluding hydrogens is 248 g/mol. The van der Waals surface area contributed by atoms with E-state index >= 15 is 0 Å². The van der Waals surface area contributed by atoms with Crippen molar-refractivity contribution in [2.45, 2.75) is 26.4 Å². The van der Waals surface area contributed by atoms with E-state index < -0.39 is 6.10 Å². The number of hydrogen-bond donors (Lipinski definition) is 2. The zero-order chi connectivity index (χ0) is 13.8. The van der Waals surface area contributed by atoms with Gasteiger partial charge in [-0.3, -0.25) is 4.79 Å². The number of carbonyl (C=O) groups excluding carboxylic acids is 1. The third kappa shape index (κ3) is 3.23. The van der Waals surface area contributed by atoms with Gasteiger partial charge in [-0.25, -0.2) is 0 Å². The molecule has 2 aromatic heterocycles. The molecule has 0 saturated carbocycles. The Morgan fingerprint density at radius 2 is 2.32 bits per heavy atom. The molecule has 1 amide bonds. The summed E-state index contributed by atoms with van der Waals surface area (Å²) >= 11 is 0. The van der Waals surface area contributed by atoms with Gasteiger partial charge in [0.25, 0.3) is 5.91 Å². The number of aliphatic hydroxyl groups excluding tert-OH is 1. The molecule has 2 aromatic rings. The number of aryl methyl sites for hydroxylation is 2. The normalized spacial score (nSPS) is 12.4. The Hall–Kier alpha value is -2.08. The third-order valence-electron chi connectivity index (χ3n) is 2.80.